The number of esters is 1. The summed E-state index contributed by atoms with van der Waals surface area (Å²) >= 11 is 0. The number of carbonyl (C=O) groups is 3. The molecule has 1 saturated heterocycles. The van der Waals surface area contributed by atoms with Gasteiger partial charge in [-0.1, -0.05) is 48.5 Å². The van der Waals surface area contributed by atoms with E-state index in [1.807, 2.05) is 60.7 Å². The minimum absolute atomic E-state index is 0.288. The van der Waals surface area contributed by atoms with Crippen molar-refractivity contribution in [2.45, 2.75) is 30.9 Å². The van der Waals surface area contributed by atoms with Gasteiger partial charge in [0.2, 0.25) is 0 Å². The maximum absolute atomic E-state index is 13.2. The van der Waals surface area contributed by atoms with E-state index in [9.17, 15) is 19.5 Å². The van der Waals surface area contributed by atoms with Crippen molar-refractivity contribution in [3.63, 3.8) is 0 Å². The Bertz CT molecular complexity index is 1250. The minimum atomic E-state index is -1.34. The lowest BCUT2D eigenvalue weighted by atomic mass is 9.86. The fraction of sp³-hybridized carbons (Fsp3) is 0.250. The van der Waals surface area contributed by atoms with Gasteiger partial charge in [-0.3, -0.25) is 4.79 Å². The largest absolute Gasteiger partial charge is 0.480 e. The summed E-state index contributed by atoms with van der Waals surface area (Å²) in [4.78, 5) is 40.1. The van der Waals surface area contributed by atoms with Gasteiger partial charge in [-0.25, -0.2) is 9.59 Å². The highest BCUT2D eigenvalue weighted by Gasteiger charge is 2.43. The van der Waals surface area contributed by atoms with E-state index in [1.165, 1.54) is 0 Å². The Labute approximate surface area is 203 Å². The fourth-order valence-corrected chi connectivity index (χ4v) is 4.86. The third-order valence-electron chi connectivity index (χ3n) is 6.91. The monoisotopic (exact) mass is 470 g/mol. The van der Waals surface area contributed by atoms with Crippen molar-refractivity contribution in [3.05, 3.63) is 101 Å². The number of cyclic esters (lactones) is 1. The Morgan fingerprint density at radius 2 is 1.60 bits per heavy atom. The molecule has 3 aromatic rings. The van der Waals surface area contributed by atoms with Crippen molar-refractivity contribution < 1.29 is 24.2 Å². The number of hydrogen-bond donors (Lipinski definition) is 2. The first kappa shape index (κ1) is 22.7. The van der Waals surface area contributed by atoms with Crippen LogP contribution >= 0.6 is 0 Å². The summed E-state index contributed by atoms with van der Waals surface area (Å²) in [7, 11) is 0. The molecule has 1 amide bonds. The molecule has 178 valence electrons. The summed E-state index contributed by atoms with van der Waals surface area (Å²) in [6.45, 7) is 1.04. The van der Waals surface area contributed by atoms with Gasteiger partial charge in [0.05, 0.1) is 5.56 Å². The second-order valence-corrected chi connectivity index (χ2v) is 9.04. The number of amides is 1. The number of carboxylic acid groups (broad SMARTS) is 1. The third-order valence-corrected chi connectivity index (χ3v) is 6.91. The second kappa shape index (κ2) is 9.25. The molecule has 0 aromatic heterocycles. The Morgan fingerprint density at radius 1 is 0.943 bits per heavy atom. The van der Waals surface area contributed by atoms with Gasteiger partial charge in [-0.05, 0) is 54.3 Å². The third kappa shape index (κ3) is 4.49. The molecule has 1 fully saturated rings. The van der Waals surface area contributed by atoms with Crippen LogP contribution in [0.15, 0.2) is 78.9 Å². The molecule has 0 saturated carbocycles. The van der Waals surface area contributed by atoms with Gasteiger partial charge in [0, 0.05) is 30.8 Å². The summed E-state index contributed by atoms with van der Waals surface area (Å²) in [5.74, 6) is -1.93. The molecule has 2 aliphatic heterocycles. The SMILES string of the molecule is O=C(NC1(C(=O)O)CCN(c2ccccc2)CC1)c1ccc2c(c1)CC(c1ccccc1)OC2=O. The summed E-state index contributed by atoms with van der Waals surface area (Å²) < 4.78 is 5.59. The number of anilines is 1. The number of nitrogens with one attached hydrogen (secondary N) is 1. The molecular weight excluding hydrogens is 444 g/mol. The standard InChI is InChI=1S/C28H26N2O5/c31-25(29-28(27(33)34)13-15-30(16-14-28)22-9-5-2-6-10-22)20-11-12-23-21(17-20)18-24(35-26(23)32)19-7-3-1-4-8-19/h1-12,17,24H,13-16,18H2,(H,29,31)(H,33,34). The number of nitrogens with zero attached hydrogens (tertiary/aromatic N) is 1. The second-order valence-electron chi connectivity index (χ2n) is 9.04. The molecule has 7 nitrogen and oxygen atoms in total. The highest BCUT2D eigenvalue weighted by atomic mass is 16.5. The molecule has 5 rings (SSSR count). The summed E-state index contributed by atoms with van der Waals surface area (Å²) in [6.07, 6.45) is 0.594. The van der Waals surface area contributed by atoms with Crippen LogP contribution in [-0.2, 0) is 16.0 Å². The Morgan fingerprint density at radius 3 is 2.26 bits per heavy atom. The first-order valence-electron chi connectivity index (χ1n) is 11.7. The van der Waals surface area contributed by atoms with E-state index in [0.29, 0.717) is 36.2 Å². The van der Waals surface area contributed by atoms with Crippen LogP contribution in [0.2, 0.25) is 0 Å². The summed E-state index contributed by atoms with van der Waals surface area (Å²) in [5, 5.41) is 12.8. The van der Waals surface area contributed by atoms with Gasteiger partial charge in [-0.15, -0.1) is 0 Å². The topological polar surface area (TPSA) is 95.9 Å². The lowest BCUT2D eigenvalue weighted by molar-refractivity contribution is -0.145. The van der Waals surface area contributed by atoms with E-state index in [0.717, 1.165) is 11.3 Å². The molecule has 0 radical (unpaired) electrons. The lowest BCUT2D eigenvalue weighted by Crippen LogP contribution is -2.60. The van der Waals surface area contributed by atoms with Crippen LogP contribution in [0.5, 0.6) is 0 Å². The van der Waals surface area contributed by atoms with E-state index < -0.39 is 29.5 Å². The van der Waals surface area contributed by atoms with E-state index in [4.69, 9.17) is 4.74 Å². The maximum Gasteiger partial charge on any atom is 0.339 e. The number of rotatable bonds is 5. The fourth-order valence-electron chi connectivity index (χ4n) is 4.86. The average molecular weight is 471 g/mol. The van der Waals surface area contributed by atoms with Crippen LogP contribution in [0, 0.1) is 0 Å². The smallest absolute Gasteiger partial charge is 0.339 e. The summed E-state index contributed by atoms with van der Waals surface area (Å²) in [5.41, 5.74) is 2.05. The predicted octanol–water partition coefficient (Wildman–Crippen LogP) is 3.99. The minimum Gasteiger partial charge on any atom is -0.480 e. The number of piperidine rings is 1. The summed E-state index contributed by atoms with van der Waals surface area (Å²) in [6, 6.07) is 24.1. The van der Waals surface area contributed by atoms with Crippen LogP contribution in [0.1, 0.15) is 50.8 Å². The lowest BCUT2D eigenvalue weighted by Gasteiger charge is -2.40. The molecule has 2 N–H and O–H groups in total. The van der Waals surface area contributed by atoms with Crippen molar-refractivity contribution in [2.75, 3.05) is 18.0 Å². The molecular formula is C28H26N2O5. The van der Waals surface area contributed by atoms with E-state index in [1.54, 1.807) is 18.2 Å². The first-order valence-corrected chi connectivity index (χ1v) is 11.7. The van der Waals surface area contributed by atoms with Crippen molar-refractivity contribution in [1.82, 2.24) is 5.32 Å². The normalized spacial score (nSPS) is 18.8. The van der Waals surface area contributed by atoms with Gasteiger partial charge in [0.25, 0.3) is 5.91 Å². The average Bonchev–Trinajstić information content (AvgIpc) is 2.89. The zero-order chi connectivity index (χ0) is 24.4. The number of ether oxygens (including phenoxy) is 1. The molecule has 2 aliphatic rings. The zero-order valence-electron chi connectivity index (χ0n) is 19.1. The van der Waals surface area contributed by atoms with Gasteiger partial charge in [0.1, 0.15) is 11.6 Å². The van der Waals surface area contributed by atoms with Crippen LogP contribution in [0.25, 0.3) is 0 Å². The number of para-hydroxylation sites is 1. The van der Waals surface area contributed by atoms with Crippen molar-refractivity contribution >= 4 is 23.5 Å². The molecule has 0 aliphatic carbocycles. The number of carbonyl (C=O) groups excluding carboxylic acids is 2. The predicted molar refractivity (Wildman–Crippen MR) is 130 cm³/mol. The molecule has 0 bridgehead atoms. The quantitative estimate of drug-likeness (QED) is 0.548. The molecule has 0 spiro atoms. The van der Waals surface area contributed by atoms with Crippen molar-refractivity contribution in [2.24, 2.45) is 0 Å². The van der Waals surface area contributed by atoms with Gasteiger partial charge in [-0.2, -0.15) is 0 Å². The molecule has 1 unspecified atom stereocenters. The highest BCUT2D eigenvalue weighted by Crippen LogP contribution is 2.32. The van der Waals surface area contributed by atoms with Crippen molar-refractivity contribution in [1.29, 1.82) is 0 Å². The zero-order valence-corrected chi connectivity index (χ0v) is 19.1. The van der Waals surface area contributed by atoms with Crippen LogP contribution < -0.4 is 10.2 Å². The molecule has 1 atom stereocenters. The van der Waals surface area contributed by atoms with E-state index in [-0.39, 0.29) is 12.8 Å². The number of aliphatic carboxylic acids is 1. The highest BCUT2D eigenvalue weighted by molar-refractivity contribution is 6.00. The Balaban J connectivity index is 1.33. The van der Waals surface area contributed by atoms with Gasteiger partial charge >= 0.3 is 11.9 Å². The Hall–Kier alpha value is -4.13. The van der Waals surface area contributed by atoms with E-state index in [2.05, 4.69) is 10.2 Å². The van der Waals surface area contributed by atoms with Crippen molar-refractivity contribution in [3.8, 4) is 0 Å². The number of fused-ring (bicyclic) bond motifs is 1. The number of carboxylic acids is 1. The molecule has 35 heavy (non-hydrogen) atoms. The van der Waals surface area contributed by atoms with Crippen LogP contribution in [-0.4, -0.2) is 41.6 Å². The molecule has 2 heterocycles. The van der Waals surface area contributed by atoms with Crippen LogP contribution in [0.4, 0.5) is 5.69 Å². The van der Waals surface area contributed by atoms with Crippen LogP contribution in [0.3, 0.4) is 0 Å². The molecule has 3 aromatic carbocycles. The number of hydrogen-bond acceptors (Lipinski definition) is 5. The Kier molecular flexibility index (Phi) is 5.99. The molecule has 7 heteroatoms. The first-order chi connectivity index (χ1) is 16.9. The van der Waals surface area contributed by atoms with Gasteiger partial charge < -0.3 is 20.1 Å². The van der Waals surface area contributed by atoms with Gasteiger partial charge in [0.15, 0.2) is 0 Å². The number of benzene rings is 3. The van der Waals surface area contributed by atoms with E-state index >= 15 is 0 Å². The maximum atomic E-state index is 13.2.